The van der Waals surface area contributed by atoms with Crippen LogP contribution in [-0.2, 0) is 4.79 Å². The number of phenols is 2. The largest absolute Gasteiger partial charge is 0.504 e. The quantitative estimate of drug-likeness (QED) is 0.164. The zero-order valence-corrected chi connectivity index (χ0v) is 24.0. The van der Waals surface area contributed by atoms with Crippen LogP contribution >= 0.6 is 11.6 Å². The maximum Gasteiger partial charge on any atom is 0.251 e. The van der Waals surface area contributed by atoms with Crippen LogP contribution < -0.4 is 31.1 Å². The maximum absolute atomic E-state index is 12.7. The van der Waals surface area contributed by atoms with Gasteiger partial charge in [0.2, 0.25) is 5.91 Å². The molecule has 0 saturated carbocycles. The van der Waals surface area contributed by atoms with Crippen LogP contribution in [0, 0.1) is 0 Å². The first-order valence-electron chi connectivity index (χ1n) is 13.7. The molecule has 1 saturated heterocycles. The van der Waals surface area contributed by atoms with Gasteiger partial charge >= 0.3 is 0 Å². The summed E-state index contributed by atoms with van der Waals surface area (Å²) in [4.78, 5) is 32.4. The van der Waals surface area contributed by atoms with Crippen LogP contribution in [0.1, 0.15) is 41.8 Å². The lowest BCUT2D eigenvalue weighted by Crippen LogP contribution is -2.47. The lowest BCUT2D eigenvalue weighted by Gasteiger charge is -2.31. The second-order valence-electron chi connectivity index (χ2n) is 10.0. The minimum Gasteiger partial charge on any atom is -0.504 e. The van der Waals surface area contributed by atoms with Crippen LogP contribution in [0.4, 0.5) is 5.69 Å². The third kappa shape index (κ3) is 6.28. The SMILES string of the molecule is CCNC(=O)CC1N=C(c2ccc(Cl)cc2)c2cc(OCCNC(=O)c3ccc(O)c(O)c3)ccc2N2C(C)NNC12. The minimum atomic E-state index is -0.403. The summed E-state index contributed by atoms with van der Waals surface area (Å²) in [5.74, 6) is -0.562. The first-order chi connectivity index (χ1) is 20.2. The summed E-state index contributed by atoms with van der Waals surface area (Å²) in [6, 6.07) is 16.7. The number of ether oxygens (including phenoxy) is 1. The Hall–Kier alpha value is -4.32. The van der Waals surface area contributed by atoms with Crippen molar-refractivity contribution in [2.75, 3.05) is 24.6 Å². The van der Waals surface area contributed by atoms with E-state index in [1.807, 2.05) is 56.3 Å². The van der Waals surface area contributed by atoms with Gasteiger partial charge in [0.1, 0.15) is 18.5 Å². The summed E-state index contributed by atoms with van der Waals surface area (Å²) in [5.41, 5.74) is 10.1. The van der Waals surface area contributed by atoms with Gasteiger partial charge in [0.25, 0.3) is 5.91 Å². The molecule has 12 heteroatoms. The molecular weight excluding hydrogens is 560 g/mol. The Morgan fingerprint density at radius 3 is 2.55 bits per heavy atom. The van der Waals surface area contributed by atoms with Crippen LogP contribution in [0.25, 0.3) is 0 Å². The van der Waals surface area contributed by atoms with Gasteiger partial charge in [0, 0.05) is 33.9 Å². The fourth-order valence-corrected chi connectivity index (χ4v) is 5.23. The van der Waals surface area contributed by atoms with Crippen molar-refractivity contribution in [1.29, 1.82) is 0 Å². The van der Waals surface area contributed by atoms with Gasteiger partial charge in [0.05, 0.1) is 30.9 Å². The number of anilines is 1. The number of hydrazine groups is 1. The monoisotopic (exact) mass is 592 g/mol. The Morgan fingerprint density at radius 1 is 1.02 bits per heavy atom. The van der Waals surface area contributed by atoms with E-state index in [1.54, 1.807) is 0 Å². The number of aliphatic imine (C=N–C) groups is 1. The van der Waals surface area contributed by atoms with E-state index in [0.717, 1.165) is 16.8 Å². The molecule has 3 aromatic rings. The van der Waals surface area contributed by atoms with Gasteiger partial charge in [-0.05, 0) is 62.4 Å². The highest BCUT2D eigenvalue weighted by molar-refractivity contribution is 6.30. The van der Waals surface area contributed by atoms with E-state index in [0.29, 0.717) is 23.0 Å². The zero-order valence-electron chi connectivity index (χ0n) is 23.2. The fourth-order valence-electron chi connectivity index (χ4n) is 5.11. The van der Waals surface area contributed by atoms with Gasteiger partial charge in [-0.1, -0.05) is 23.7 Å². The van der Waals surface area contributed by atoms with Gasteiger partial charge in [-0.15, -0.1) is 0 Å². The predicted molar refractivity (Wildman–Crippen MR) is 160 cm³/mol. The molecule has 1 fully saturated rings. The van der Waals surface area contributed by atoms with Crippen molar-refractivity contribution in [2.24, 2.45) is 4.99 Å². The molecule has 11 nitrogen and oxygen atoms in total. The Kier molecular flexibility index (Phi) is 8.81. The third-order valence-electron chi connectivity index (χ3n) is 7.10. The van der Waals surface area contributed by atoms with Crippen molar-refractivity contribution >= 4 is 34.8 Å². The second kappa shape index (κ2) is 12.7. The normalized spacial score (nSPS) is 19.3. The Bertz CT molecular complexity index is 1500. The maximum atomic E-state index is 12.7. The van der Waals surface area contributed by atoms with Crippen molar-refractivity contribution in [2.45, 2.75) is 38.6 Å². The number of amides is 2. The molecule has 42 heavy (non-hydrogen) atoms. The highest BCUT2D eigenvalue weighted by Gasteiger charge is 2.40. The summed E-state index contributed by atoms with van der Waals surface area (Å²) in [7, 11) is 0. The van der Waals surface area contributed by atoms with Crippen molar-refractivity contribution in [3.8, 4) is 17.2 Å². The van der Waals surface area contributed by atoms with Gasteiger partial charge in [0.15, 0.2) is 11.5 Å². The molecule has 0 bridgehead atoms. The predicted octanol–water partition coefficient (Wildman–Crippen LogP) is 2.89. The highest BCUT2D eigenvalue weighted by atomic mass is 35.5. The molecule has 0 radical (unpaired) electrons. The second-order valence-corrected chi connectivity index (χ2v) is 10.4. The topological polar surface area (TPSA) is 148 Å². The molecule has 2 heterocycles. The number of rotatable bonds is 9. The Balaban J connectivity index is 1.41. The molecule has 2 amide bonds. The average Bonchev–Trinajstić information content (AvgIpc) is 3.30. The first-order valence-corrected chi connectivity index (χ1v) is 14.1. The molecule has 3 aromatic carbocycles. The molecule has 3 atom stereocenters. The summed E-state index contributed by atoms with van der Waals surface area (Å²) in [6.07, 6.45) is -0.150. The van der Waals surface area contributed by atoms with E-state index in [9.17, 15) is 19.8 Å². The highest BCUT2D eigenvalue weighted by Crippen LogP contribution is 2.36. The number of nitrogens with one attached hydrogen (secondary N) is 4. The number of carbonyl (C=O) groups is 2. The fraction of sp³-hybridized carbons (Fsp3) is 0.300. The van der Waals surface area contributed by atoms with E-state index in [4.69, 9.17) is 21.3 Å². The summed E-state index contributed by atoms with van der Waals surface area (Å²) in [5, 5.41) is 25.4. The van der Waals surface area contributed by atoms with Crippen LogP contribution in [0.5, 0.6) is 17.2 Å². The summed E-state index contributed by atoms with van der Waals surface area (Å²) in [6.45, 7) is 4.86. The molecule has 2 aliphatic rings. The number of halogens is 1. The van der Waals surface area contributed by atoms with Gasteiger partial charge in [-0.25, -0.2) is 10.9 Å². The van der Waals surface area contributed by atoms with Crippen LogP contribution in [-0.4, -0.2) is 65.8 Å². The Labute approximate surface area is 248 Å². The summed E-state index contributed by atoms with van der Waals surface area (Å²) < 4.78 is 6.01. The van der Waals surface area contributed by atoms with Gasteiger partial charge in [-0.3, -0.25) is 14.6 Å². The Morgan fingerprint density at radius 2 is 1.81 bits per heavy atom. The van der Waals surface area contributed by atoms with Crippen molar-refractivity contribution in [1.82, 2.24) is 21.5 Å². The van der Waals surface area contributed by atoms with Crippen molar-refractivity contribution in [3.05, 3.63) is 82.4 Å². The molecule has 5 rings (SSSR count). The first kappa shape index (κ1) is 29.2. The van der Waals surface area contributed by atoms with Crippen molar-refractivity contribution in [3.63, 3.8) is 0 Å². The van der Waals surface area contributed by atoms with E-state index >= 15 is 0 Å². The van der Waals surface area contributed by atoms with Gasteiger partial charge < -0.3 is 30.5 Å². The molecule has 220 valence electrons. The van der Waals surface area contributed by atoms with E-state index in [-0.39, 0.29) is 54.9 Å². The molecular formula is C30H33ClN6O5. The van der Waals surface area contributed by atoms with Gasteiger partial charge in [-0.2, -0.15) is 0 Å². The molecule has 3 unspecified atom stereocenters. The number of aromatic hydroxyl groups is 2. The van der Waals surface area contributed by atoms with E-state index in [1.165, 1.54) is 18.2 Å². The zero-order chi connectivity index (χ0) is 29.8. The van der Waals surface area contributed by atoms with Crippen molar-refractivity contribution < 1.29 is 24.5 Å². The molecule has 0 aromatic heterocycles. The van der Waals surface area contributed by atoms with E-state index in [2.05, 4.69) is 26.4 Å². The summed E-state index contributed by atoms with van der Waals surface area (Å²) >= 11 is 6.19. The molecule has 6 N–H and O–H groups in total. The van der Waals surface area contributed by atoms with E-state index < -0.39 is 11.9 Å². The number of hydrogen-bond acceptors (Lipinski definition) is 9. The lowest BCUT2D eigenvalue weighted by atomic mass is 9.99. The van der Waals surface area contributed by atoms with Crippen LogP contribution in [0.15, 0.2) is 65.7 Å². The number of fused-ring (bicyclic) bond motifs is 3. The lowest BCUT2D eigenvalue weighted by molar-refractivity contribution is -0.121. The minimum absolute atomic E-state index is 0.0772. The number of phenolic OH excluding ortho intramolecular Hbond substituents is 2. The average molecular weight is 593 g/mol. The number of hydrogen-bond donors (Lipinski definition) is 6. The molecule has 2 aliphatic heterocycles. The number of nitrogens with zero attached hydrogens (tertiary/aromatic N) is 2. The van der Waals surface area contributed by atoms with Crippen LogP contribution in [0.2, 0.25) is 5.02 Å². The molecule has 0 spiro atoms. The molecule has 0 aliphatic carbocycles. The van der Waals surface area contributed by atoms with Crippen LogP contribution in [0.3, 0.4) is 0 Å². The standard InChI is InChI=1S/C30H33ClN6O5/c1-3-32-27(40)16-23-29-36-35-17(2)37(29)24-10-9-21(15-22(24)28(34-23)18-4-7-20(31)8-5-18)42-13-12-33-30(41)19-6-11-25(38)26(39)14-19/h4-11,14-15,17,23,29,35-36,38-39H,3,12-13,16H2,1-2H3,(H,32,40)(H,33,41). The number of benzene rings is 3. The number of carbonyl (C=O) groups excluding carboxylic acids is 2. The third-order valence-corrected chi connectivity index (χ3v) is 7.35. The smallest absolute Gasteiger partial charge is 0.251 e.